The Kier molecular flexibility index (Phi) is 4.34. The predicted octanol–water partition coefficient (Wildman–Crippen LogP) is 4.32. The maximum Gasteiger partial charge on any atom is 0.264 e. The number of nitrogens with zero attached hydrogens (tertiary/aromatic N) is 3. The highest BCUT2D eigenvalue weighted by Crippen LogP contribution is 2.29. The molecule has 1 amide bonds. The van der Waals surface area contributed by atoms with Gasteiger partial charge in [0.15, 0.2) is 0 Å². The fraction of sp³-hybridized carbons (Fsp3) is 0.200. The van der Waals surface area contributed by atoms with Crippen molar-refractivity contribution in [1.82, 2.24) is 14.7 Å². The molecule has 6 heteroatoms. The molecular weight excluding hydrogens is 346 g/mol. The van der Waals surface area contributed by atoms with Gasteiger partial charge in [-0.1, -0.05) is 30.3 Å². The van der Waals surface area contributed by atoms with Crippen molar-refractivity contribution >= 4 is 27.5 Å². The first-order valence-electron chi connectivity index (χ1n) is 8.40. The molecule has 0 saturated carbocycles. The smallest absolute Gasteiger partial charge is 0.264 e. The zero-order valence-electron chi connectivity index (χ0n) is 14.7. The fourth-order valence-corrected chi connectivity index (χ4v) is 4.13. The summed E-state index contributed by atoms with van der Waals surface area (Å²) >= 11 is 1.49. The molecule has 132 valence electrons. The number of fused-ring (bicyclic) bond motifs is 1. The van der Waals surface area contributed by atoms with Gasteiger partial charge in [0.05, 0.1) is 29.9 Å². The summed E-state index contributed by atoms with van der Waals surface area (Å²) in [4.78, 5) is 16.2. The highest BCUT2D eigenvalue weighted by Gasteiger charge is 2.19. The van der Waals surface area contributed by atoms with Crippen LogP contribution in [-0.4, -0.2) is 27.6 Å². The number of hydrogen-bond acceptors (Lipinski definition) is 4. The van der Waals surface area contributed by atoms with E-state index in [0.29, 0.717) is 13.1 Å². The fourth-order valence-electron chi connectivity index (χ4n) is 2.98. The van der Waals surface area contributed by atoms with Crippen molar-refractivity contribution < 1.29 is 9.21 Å². The normalized spacial score (nSPS) is 11.2. The lowest BCUT2D eigenvalue weighted by molar-refractivity contribution is 0.0780. The number of aryl methyl sites for hydroxylation is 1. The van der Waals surface area contributed by atoms with Crippen LogP contribution in [0.3, 0.4) is 0 Å². The number of benzene rings is 1. The van der Waals surface area contributed by atoms with Crippen LogP contribution in [-0.2, 0) is 13.1 Å². The molecule has 0 N–H and O–H groups in total. The Bertz CT molecular complexity index is 1030. The standard InChI is InChI=1S/C20H19N3O2S/c1-14-17-11-18(19(24)22(2)13-16-9-6-10-25-16)26-20(17)23(21-14)12-15-7-4-3-5-8-15/h3-11H,12-13H2,1-2H3. The highest BCUT2D eigenvalue weighted by molar-refractivity contribution is 7.20. The molecule has 5 nitrogen and oxygen atoms in total. The van der Waals surface area contributed by atoms with Gasteiger partial charge in [-0.3, -0.25) is 9.48 Å². The second kappa shape index (κ2) is 6.80. The van der Waals surface area contributed by atoms with Crippen molar-refractivity contribution in [2.75, 3.05) is 7.05 Å². The van der Waals surface area contributed by atoms with Crippen molar-refractivity contribution in [1.29, 1.82) is 0 Å². The lowest BCUT2D eigenvalue weighted by Crippen LogP contribution is -2.25. The minimum Gasteiger partial charge on any atom is -0.467 e. The number of carbonyl (C=O) groups is 1. The number of hydrogen-bond donors (Lipinski definition) is 0. The Morgan fingerprint density at radius 3 is 2.77 bits per heavy atom. The lowest BCUT2D eigenvalue weighted by Gasteiger charge is -2.14. The van der Waals surface area contributed by atoms with Crippen LogP contribution in [0.25, 0.3) is 10.2 Å². The summed E-state index contributed by atoms with van der Waals surface area (Å²) in [6, 6.07) is 15.9. The number of amides is 1. The summed E-state index contributed by atoms with van der Waals surface area (Å²) in [5.74, 6) is 0.765. The molecule has 0 saturated heterocycles. The second-order valence-electron chi connectivity index (χ2n) is 6.30. The monoisotopic (exact) mass is 365 g/mol. The van der Waals surface area contributed by atoms with Crippen LogP contribution in [0.4, 0.5) is 0 Å². The summed E-state index contributed by atoms with van der Waals surface area (Å²) in [5, 5.41) is 5.68. The van der Waals surface area contributed by atoms with Crippen molar-refractivity contribution in [3.63, 3.8) is 0 Å². The number of aromatic nitrogens is 2. The van der Waals surface area contributed by atoms with E-state index in [9.17, 15) is 4.79 Å². The predicted molar refractivity (Wildman–Crippen MR) is 102 cm³/mol. The van der Waals surface area contributed by atoms with E-state index in [1.54, 1.807) is 18.2 Å². The van der Waals surface area contributed by atoms with Gasteiger partial charge in [0, 0.05) is 12.4 Å². The molecule has 0 unspecified atom stereocenters. The van der Waals surface area contributed by atoms with E-state index in [2.05, 4.69) is 17.2 Å². The summed E-state index contributed by atoms with van der Waals surface area (Å²) < 4.78 is 7.31. The van der Waals surface area contributed by atoms with E-state index in [1.165, 1.54) is 16.9 Å². The summed E-state index contributed by atoms with van der Waals surface area (Å²) in [5.41, 5.74) is 2.13. The van der Waals surface area contributed by atoms with Crippen LogP contribution in [0.15, 0.2) is 59.2 Å². The average Bonchev–Trinajstić information content (AvgIpc) is 3.35. The summed E-state index contributed by atoms with van der Waals surface area (Å²) in [7, 11) is 1.79. The van der Waals surface area contributed by atoms with Gasteiger partial charge in [0.25, 0.3) is 5.91 Å². The number of carbonyl (C=O) groups excluding carboxylic acids is 1. The topological polar surface area (TPSA) is 51.3 Å². The minimum absolute atomic E-state index is 0.00624. The Hall–Kier alpha value is -2.86. The highest BCUT2D eigenvalue weighted by atomic mass is 32.1. The Morgan fingerprint density at radius 2 is 2.04 bits per heavy atom. The third kappa shape index (κ3) is 3.15. The molecule has 0 aliphatic rings. The van der Waals surface area contributed by atoms with Crippen LogP contribution in [0.1, 0.15) is 26.7 Å². The third-order valence-corrected chi connectivity index (χ3v) is 5.45. The molecule has 0 radical (unpaired) electrons. The molecule has 3 heterocycles. The molecule has 3 aromatic heterocycles. The van der Waals surface area contributed by atoms with Gasteiger partial charge < -0.3 is 9.32 Å². The van der Waals surface area contributed by atoms with Gasteiger partial charge in [-0.05, 0) is 30.7 Å². The summed E-state index contributed by atoms with van der Waals surface area (Å²) in [6.07, 6.45) is 1.62. The molecule has 0 bridgehead atoms. The van der Waals surface area contributed by atoms with E-state index in [4.69, 9.17) is 4.42 Å². The van der Waals surface area contributed by atoms with Gasteiger partial charge in [-0.15, -0.1) is 11.3 Å². The van der Waals surface area contributed by atoms with E-state index < -0.39 is 0 Å². The third-order valence-electron chi connectivity index (χ3n) is 4.31. The molecule has 0 spiro atoms. The molecule has 26 heavy (non-hydrogen) atoms. The van der Waals surface area contributed by atoms with Crippen LogP contribution in [0, 0.1) is 6.92 Å². The largest absolute Gasteiger partial charge is 0.467 e. The molecule has 0 fully saturated rings. The quantitative estimate of drug-likeness (QED) is 0.529. The van der Waals surface area contributed by atoms with Gasteiger partial charge in [0.2, 0.25) is 0 Å². The Morgan fingerprint density at radius 1 is 1.23 bits per heavy atom. The zero-order chi connectivity index (χ0) is 18.1. The maximum absolute atomic E-state index is 12.8. The van der Waals surface area contributed by atoms with Crippen LogP contribution >= 0.6 is 11.3 Å². The SMILES string of the molecule is Cc1nn(Cc2ccccc2)c2sc(C(=O)N(C)Cc3ccco3)cc12. The molecule has 0 atom stereocenters. The zero-order valence-corrected chi connectivity index (χ0v) is 15.5. The molecule has 1 aromatic carbocycles. The second-order valence-corrected chi connectivity index (χ2v) is 7.33. The van der Waals surface area contributed by atoms with E-state index in [-0.39, 0.29) is 5.91 Å². The van der Waals surface area contributed by atoms with Crippen molar-refractivity contribution in [2.45, 2.75) is 20.0 Å². The van der Waals surface area contributed by atoms with Crippen LogP contribution < -0.4 is 0 Å². The first kappa shape index (κ1) is 16.6. The van der Waals surface area contributed by atoms with Gasteiger partial charge >= 0.3 is 0 Å². The summed E-state index contributed by atoms with van der Waals surface area (Å²) in [6.45, 7) is 3.13. The minimum atomic E-state index is -0.00624. The van der Waals surface area contributed by atoms with Gasteiger partial charge in [-0.2, -0.15) is 5.10 Å². The van der Waals surface area contributed by atoms with Crippen LogP contribution in [0.2, 0.25) is 0 Å². The first-order chi connectivity index (χ1) is 12.6. The van der Waals surface area contributed by atoms with E-state index in [0.717, 1.165) is 26.5 Å². The van der Waals surface area contributed by atoms with E-state index >= 15 is 0 Å². The van der Waals surface area contributed by atoms with Crippen molar-refractivity contribution in [3.8, 4) is 0 Å². The van der Waals surface area contributed by atoms with E-state index in [1.807, 2.05) is 48.0 Å². The Labute approximate surface area is 155 Å². The maximum atomic E-state index is 12.8. The molecule has 0 aliphatic heterocycles. The number of thiophene rings is 1. The van der Waals surface area contributed by atoms with Crippen molar-refractivity contribution in [3.05, 3.63) is 76.7 Å². The van der Waals surface area contributed by atoms with Gasteiger partial charge in [0.1, 0.15) is 10.6 Å². The average molecular weight is 365 g/mol. The molecular formula is C20H19N3O2S. The Balaban J connectivity index is 1.61. The molecule has 4 aromatic rings. The number of rotatable bonds is 5. The molecule has 0 aliphatic carbocycles. The molecule has 4 rings (SSSR count). The lowest BCUT2D eigenvalue weighted by atomic mass is 10.2. The number of furan rings is 1. The van der Waals surface area contributed by atoms with Gasteiger partial charge in [-0.25, -0.2) is 0 Å². The first-order valence-corrected chi connectivity index (χ1v) is 9.22. The van der Waals surface area contributed by atoms with Crippen LogP contribution in [0.5, 0.6) is 0 Å². The van der Waals surface area contributed by atoms with Crippen molar-refractivity contribution in [2.24, 2.45) is 0 Å².